The number of nitrogens with one attached hydrogen (secondary N) is 1. The Balaban J connectivity index is 2.71. The highest BCUT2D eigenvalue weighted by atomic mass is 14.9. The largest absolute Gasteiger partial charge is 0.309 e. The van der Waals surface area contributed by atoms with Gasteiger partial charge in [0.1, 0.15) is 0 Å². The van der Waals surface area contributed by atoms with Gasteiger partial charge >= 0.3 is 0 Å². The summed E-state index contributed by atoms with van der Waals surface area (Å²) in [5.74, 6) is 0. The molecule has 0 saturated carbocycles. The molecule has 1 rings (SSSR count). The van der Waals surface area contributed by atoms with Crippen LogP contribution in [0.25, 0.3) is 0 Å². The first kappa shape index (κ1) is 13.7. The van der Waals surface area contributed by atoms with Crippen molar-refractivity contribution in [1.29, 1.82) is 5.26 Å². The Labute approximate surface area is 105 Å². The first-order valence-electron chi connectivity index (χ1n) is 6.07. The summed E-state index contributed by atoms with van der Waals surface area (Å²) in [6.07, 6.45) is 0. The molecule has 0 aromatic heterocycles. The highest BCUT2D eigenvalue weighted by Gasteiger charge is 2.18. The summed E-state index contributed by atoms with van der Waals surface area (Å²) in [5.41, 5.74) is 3.59. The zero-order chi connectivity index (χ0) is 13.1. The average Bonchev–Trinajstić information content (AvgIpc) is 2.26. The standard InChI is InChI=1S/C15H22N2/c1-11-6-7-14(12(2)8-11)13(3)17-10-15(4,5)9-16/h6-8,13,17H,10H2,1-5H3. The van der Waals surface area contributed by atoms with Gasteiger partial charge in [0.2, 0.25) is 0 Å². The predicted octanol–water partition coefficient (Wildman–Crippen LogP) is 3.50. The molecule has 1 atom stereocenters. The number of nitrogens with zero attached hydrogens (tertiary/aromatic N) is 1. The van der Waals surface area contributed by atoms with Crippen LogP contribution in [0, 0.1) is 30.6 Å². The van der Waals surface area contributed by atoms with E-state index in [1.807, 2.05) is 13.8 Å². The van der Waals surface area contributed by atoms with Crippen molar-refractivity contribution in [2.24, 2.45) is 5.41 Å². The minimum Gasteiger partial charge on any atom is -0.309 e. The molecule has 0 aliphatic carbocycles. The molecule has 2 heteroatoms. The molecule has 0 amide bonds. The van der Waals surface area contributed by atoms with Gasteiger partial charge in [-0.15, -0.1) is 0 Å². The van der Waals surface area contributed by atoms with Gasteiger partial charge in [0.25, 0.3) is 0 Å². The van der Waals surface area contributed by atoms with Gasteiger partial charge in [-0.05, 0) is 45.7 Å². The Hall–Kier alpha value is -1.33. The first-order chi connectivity index (χ1) is 7.85. The van der Waals surface area contributed by atoms with Crippen molar-refractivity contribution in [3.05, 3.63) is 34.9 Å². The molecular formula is C15H22N2. The van der Waals surface area contributed by atoms with Crippen LogP contribution in [0.2, 0.25) is 0 Å². The van der Waals surface area contributed by atoms with Crippen molar-refractivity contribution in [2.75, 3.05) is 6.54 Å². The van der Waals surface area contributed by atoms with Crippen LogP contribution in [0.3, 0.4) is 0 Å². The van der Waals surface area contributed by atoms with Crippen molar-refractivity contribution in [2.45, 2.75) is 40.7 Å². The van der Waals surface area contributed by atoms with E-state index in [4.69, 9.17) is 5.26 Å². The summed E-state index contributed by atoms with van der Waals surface area (Å²) in [5, 5.41) is 12.4. The Kier molecular flexibility index (Phi) is 4.31. The molecule has 0 bridgehead atoms. The minimum absolute atomic E-state index is 0.281. The normalized spacial score (nSPS) is 13.2. The molecular weight excluding hydrogens is 208 g/mol. The number of hydrogen-bond acceptors (Lipinski definition) is 2. The van der Waals surface area contributed by atoms with E-state index in [-0.39, 0.29) is 11.5 Å². The number of aryl methyl sites for hydroxylation is 2. The van der Waals surface area contributed by atoms with Gasteiger partial charge in [0.15, 0.2) is 0 Å². The SMILES string of the molecule is Cc1ccc(C(C)NCC(C)(C)C#N)c(C)c1. The van der Waals surface area contributed by atoms with E-state index < -0.39 is 0 Å². The van der Waals surface area contributed by atoms with Crippen LogP contribution in [0.1, 0.15) is 43.5 Å². The number of benzene rings is 1. The lowest BCUT2D eigenvalue weighted by molar-refractivity contribution is 0.414. The third-order valence-electron chi connectivity index (χ3n) is 3.04. The first-order valence-corrected chi connectivity index (χ1v) is 6.07. The van der Waals surface area contributed by atoms with Crippen LogP contribution >= 0.6 is 0 Å². The van der Waals surface area contributed by atoms with Gasteiger partial charge in [-0.2, -0.15) is 5.26 Å². The fourth-order valence-corrected chi connectivity index (χ4v) is 1.87. The molecule has 1 aromatic carbocycles. The molecule has 1 N–H and O–H groups in total. The smallest absolute Gasteiger partial charge is 0.0697 e. The highest BCUT2D eigenvalue weighted by Crippen LogP contribution is 2.20. The summed E-state index contributed by atoms with van der Waals surface area (Å²) >= 11 is 0. The third-order valence-corrected chi connectivity index (χ3v) is 3.04. The molecule has 92 valence electrons. The van der Waals surface area contributed by atoms with E-state index in [0.717, 1.165) is 0 Å². The van der Waals surface area contributed by atoms with Crippen molar-refractivity contribution in [1.82, 2.24) is 5.32 Å². The summed E-state index contributed by atoms with van der Waals surface area (Å²) < 4.78 is 0. The maximum atomic E-state index is 8.98. The maximum Gasteiger partial charge on any atom is 0.0697 e. The van der Waals surface area contributed by atoms with E-state index in [1.54, 1.807) is 0 Å². The molecule has 0 heterocycles. The molecule has 0 radical (unpaired) electrons. The molecule has 0 fully saturated rings. The van der Waals surface area contributed by atoms with Crippen LogP contribution in [-0.4, -0.2) is 6.54 Å². The Morgan fingerprint density at radius 1 is 1.35 bits per heavy atom. The fraction of sp³-hybridized carbons (Fsp3) is 0.533. The fourth-order valence-electron chi connectivity index (χ4n) is 1.87. The van der Waals surface area contributed by atoms with Crippen LogP contribution in [-0.2, 0) is 0 Å². The van der Waals surface area contributed by atoms with Crippen LogP contribution in [0.4, 0.5) is 0 Å². The van der Waals surface area contributed by atoms with Gasteiger partial charge in [0.05, 0.1) is 11.5 Å². The summed E-state index contributed by atoms with van der Waals surface area (Å²) in [4.78, 5) is 0. The summed E-state index contributed by atoms with van der Waals surface area (Å²) in [7, 11) is 0. The van der Waals surface area contributed by atoms with E-state index in [2.05, 4.69) is 50.4 Å². The van der Waals surface area contributed by atoms with Gasteiger partial charge in [-0.25, -0.2) is 0 Å². The van der Waals surface area contributed by atoms with Crippen molar-refractivity contribution >= 4 is 0 Å². The lowest BCUT2D eigenvalue weighted by Gasteiger charge is -2.22. The van der Waals surface area contributed by atoms with Crippen molar-refractivity contribution < 1.29 is 0 Å². The van der Waals surface area contributed by atoms with Gasteiger partial charge in [0, 0.05) is 12.6 Å². The van der Waals surface area contributed by atoms with Gasteiger partial charge < -0.3 is 5.32 Å². The quantitative estimate of drug-likeness (QED) is 0.859. The molecule has 0 spiro atoms. The number of nitriles is 1. The lowest BCUT2D eigenvalue weighted by atomic mass is 9.94. The van der Waals surface area contributed by atoms with Crippen LogP contribution < -0.4 is 5.32 Å². The molecule has 0 aliphatic heterocycles. The predicted molar refractivity (Wildman–Crippen MR) is 71.7 cm³/mol. The minimum atomic E-state index is -0.313. The van der Waals surface area contributed by atoms with E-state index in [9.17, 15) is 0 Å². The number of hydrogen-bond donors (Lipinski definition) is 1. The zero-order valence-electron chi connectivity index (χ0n) is 11.5. The molecule has 0 saturated heterocycles. The van der Waals surface area contributed by atoms with E-state index in [0.29, 0.717) is 6.54 Å². The monoisotopic (exact) mass is 230 g/mol. The average molecular weight is 230 g/mol. The van der Waals surface area contributed by atoms with Crippen LogP contribution in [0.5, 0.6) is 0 Å². The topological polar surface area (TPSA) is 35.8 Å². The highest BCUT2D eigenvalue weighted by molar-refractivity contribution is 5.32. The number of rotatable bonds is 4. The molecule has 1 unspecified atom stereocenters. The van der Waals surface area contributed by atoms with Crippen molar-refractivity contribution in [3.63, 3.8) is 0 Å². The maximum absolute atomic E-state index is 8.98. The zero-order valence-corrected chi connectivity index (χ0v) is 11.5. The Morgan fingerprint density at radius 2 is 2.00 bits per heavy atom. The second-order valence-electron chi connectivity index (χ2n) is 5.46. The van der Waals surface area contributed by atoms with Crippen LogP contribution in [0.15, 0.2) is 18.2 Å². The molecule has 1 aromatic rings. The Bertz CT molecular complexity index is 427. The second kappa shape index (κ2) is 5.33. The summed E-state index contributed by atoms with van der Waals surface area (Å²) in [6, 6.07) is 9.09. The van der Waals surface area contributed by atoms with Gasteiger partial charge in [-0.1, -0.05) is 23.8 Å². The second-order valence-corrected chi connectivity index (χ2v) is 5.46. The lowest BCUT2D eigenvalue weighted by Crippen LogP contribution is -2.30. The summed E-state index contributed by atoms with van der Waals surface area (Å²) in [6.45, 7) is 11.0. The Morgan fingerprint density at radius 3 is 2.53 bits per heavy atom. The molecule has 0 aliphatic rings. The molecule has 2 nitrogen and oxygen atoms in total. The van der Waals surface area contributed by atoms with Crippen molar-refractivity contribution in [3.8, 4) is 6.07 Å². The van der Waals surface area contributed by atoms with Gasteiger partial charge in [-0.3, -0.25) is 0 Å². The van der Waals surface area contributed by atoms with E-state index in [1.165, 1.54) is 16.7 Å². The molecule has 17 heavy (non-hydrogen) atoms. The van der Waals surface area contributed by atoms with E-state index >= 15 is 0 Å². The third kappa shape index (κ3) is 3.87.